The molecular weight excluding hydrogens is 282 g/mol. The summed E-state index contributed by atoms with van der Waals surface area (Å²) in [6.45, 7) is 0.352. The molecule has 0 saturated carbocycles. The summed E-state index contributed by atoms with van der Waals surface area (Å²) in [4.78, 5) is -0.112. The standard InChI is InChI=1S/C12H15N3O4S/c13-6-9-1-2-11(10(14)5-9)20(17,18)15-7-12(16)3-4-19-8-12/h1-2,5,15-16H,3-4,7-8,14H2. The van der Waals surface area contributed by atoms with E-state index in [0.29, 0.717) is 13.0 Å². The number of nitrogen functional groups attached to an aromatic ring is 1. The van der Waals surface area contributed by atoms with Gasteiger partial charge in [-0.1, -0.05) is 0 Å². The second-order valence-corrected chi connectivity index (χ2v) is 6.45. The average molecular weight is 297 g/mol. The van der Waals surface area contributed by atoms with Crippen LogP contribution in [0.4, 0.5) is 5.69 Å². The summed E-state index contributed by atoms with van der Waals surface area (Å²) in [6.07, 6.45) is 0.373. The van der Waals surface area contributed by atoms with Gasteiger partial charge in [-0.3, -0.25) is 0 Å². The highest BCUT2D eigenvalue weighted by Gasteiger charge is 2.34. The van der Waals surface area contributed by atoms with Gasteiger partial charge in [0.2, 0.25) is 10.0 Å². The molecular formula is C12H15N3O4S. The Bertz CT molecular complexity index is 645. The van der Waals surface area contributed by atoms with Gasteiger partial charge in [0.1, 0.15) is 10.5 Å². The molecule has 1 aliphatic rings. The van der Waals surface area contributed by atoms with Crippen LogP contribution in [0.15, 0.2) is 23.1 Å². The fraction of sp³-hybridized carbons (Fsp3) is 0.417. The van der Waals surface area contributed by atoms with Crippen molar-refractivity contribution in [3.05, 3.63) is 23.8 Å². The van der Waals surface area contributed by atoms with E-state index in [1.54, 1.807) is 0 Å². The van der Waals surface area contributed by atoms with E-state index in [0.717, 1.165) is 0 Å². The van der Waals surface area contributed by atoms with Crippen LogP contribution in [0.25, 0.3) is 0 Å². The van der Waals surface area contributed by atoms with Gasteiger partial charge in [-0.15, -0.1) is 0 Å². The maximum Gasteiger partial charge on any atom is 0.242 e. The predicted molar refractivity (Wildman–Crippen MR) is 71.1 cm³/mol. The van der Waals surface area contributed by atoms with E-state index >= 15 is 0 Å². The van der Waals surface area contributed by atoms with Gasteiger partial charge in [0.05, 0.1) is 23.9 Å². The molecule has 108 valence electrons. The summed E-state index contributed by atoms with van der Waals surface area (Å²) < 4.78 is 31.6. The number of anilines is 1. The van der Waals surface area contributed by atoms with E-state index in [1.165, 1.54) is 18.2 Å². The van der Waals surface area contributed by atoms with Gasteiger partial charge < -0.3 is 15.6 Å². The minimum atomic E-state index is -3.84. The van der Waals surface area contributed by atoms with Crippen LogP contribution in [0, 0.1) is 11.3 Å². The summed E-state index contributed by atoms with van der Waals surface area (Å²) in [7, 11) is -3.84. The van der Waals surface area contributed by atoms with Gasteiger partial charge in [0, 0.05) is 19.6 Å². The smallest absolute Gasteiger partial charge is 0.242 e. The molecule has 20 heavy (non-hydrogen) atoms. The Hall–Kier alpha value is -1.66. The van der Waals surface area contributed by atoms with Crippen LogP contribution >= 0.6 is 0 Å². The number of aliphatic hydroxyl groups is 1. The van der Waals surface area contributed by atoms with E-state index in [-0.39, 0.29) is 29.3 Å². The van der Waals surface area contributed by atoms with Gasteiger partial charge in [0.25, 0.3) is 0 Å². The second-order valence-electron chi connectivity index (χ2n) is 4.72. The highest BCUT2D eigenvalue weighted by Crippen LogP contribution is 2.21. The van der Waals surface area contributed by atoms with Crippen LogP contribution in [0.3, 0.4) is 0 Å². The molecule has 1 fully saturated rings. The summed E-state index contributed by atoms with van der Waals surface area (Å²) in [6, 6.07) is 5.81. The average Bonchev–Trinajstić information content (AvgIpc) is 2.84. The van der Waals surface area contributed by atoms with Crippen molar-refractivity contribution in [3.8, 4) is 6.07 Å². The van der Waals surface area contributed by atoms with Crippen molar-refractivity contribution in [2.24, 2.45) is 0 Å². The minimum Gasteiger partial charge on any atom is -0.398 e. The number of hydrogen-bond acceptors (Lipinski definition) is 6. The van der Waals surface area contributed by atoms with Crippen LogP contribution in [0.1, 0.15) is 12.0 Å². The monoisotopic (exact) mass is 297 g/mol. The lowest BCUT2D eigenvalue weighted by atomic mass is 10.1. The molecule has 1 atom stereocenters. The summed E-state index contributed by atoms with van der Waals surface area (Å²) in [5, 5.41) is 18.7. The number of nitrogens with two attached hydrogens (primary N) is 1. The molecule has 1 aromatic rings. The molecule has 1 saturated heterocycles. The van der Waals surface area contributed by atoms with Gasteiger partial charge in [-0.25, -0.2) is 13.1 Å². The van der Waals surface area contributed by atoms with E-state index in [2.05, 4.69) is 4.72 Å². The maximum atomic E-state index is 12.1. The Morgan fingerprint density at radius 1 is 1.55 bits per heavy atom. The van der Waals surface area contributed by atoms with Crippen molar-refractivity contribution >= 4 is 15.7 Å². The van der Waals surface area contributed by atoms with Crippen LogP contribution < -0.4 is 10.5 Å². The maximum absolute atomic E-state index is 12.1. The van der Waals surface area contributed by atoms with Gasteiger partial charge in [0.15, 0.2) is 0 Å². The highest BCUT2D eigenvalue weighted by atomic mass is 32.2. The highest BCUT2D eigenvalue weighted by molar-refractivity contribution is 7.89. The quantitative estimate of drug-likeness (QED) is 0.647. The molecule has 4 N–H and O–H groups in total. The largest absolute Gasteiger partial charge is 0.398 e. The third kappa shape index (κ3) is 3.08. The lowest BCUT2D eigenvalue weighted by molar-refractivity contribution is 0.0314. The third-order valence-corrected chi connectivity index (χ3v) is 4.58. The summed E-state index contributed by atoms with van der Waals surface area (Å²) in [5.74, 6) is 0. The number of nitriles is 1. The molecule has 7 nitrogen and oxygen atoms in total. The zero-order chi connectivity index (χ0) is 14.8. The SMILES string of the molecule is N#Cc1ccc(S(=O)(=O)NCC2(O)CCOC2)c(N)c1. The molecule has 0 aliphatic carbocycles. The van der Waals surface area contributed by atoms with Gasteiger partial charge in [-0.05, 0) is 18.2 Å². The third-order valence-electron chi connectivity index (χ3n) is 3.10. The first-order valence-corrected chi connectivity index (χ1v) is 7.44. The van der Waals surface area contributed by atoms with Crippen LogP contribution in [0.2, 0.25) is 0 Å². The Kier molecular flexibility index (Phi) is 3.96. The molecule has 0 amide bonds. The molecule has 1 aromatic carbocycles. The first-order chi connectivity index (χ1) is 9.36. The number of hydrogen-bond donors (Lipinski definition) is 3. The Morgan fingerprint density at radius 2 is 2.30 bits per heavy atom. The Balaban J connectivity index is 2.16. The molecule has 1 aliphatic heterocycles. The van der Waals surface area contributed by atoms with Gasteiger partial charge in [-0.2, -0.15) is 5.26 Å². The van der Waals surface area contributed by atoms with Gasteiger partial charge >= 0.3 is 0 Å². The van der Waals surface area contributed by atoms with Crippen molar-refractivity contribution in [3.63, 3.8) is 0 Å². The summed E-state index contributed by atoms with van der Waals surface area (Å²) >= 11 is 0. The lowest BCUT2D eigenvalue weighted by Gasteiger charge is -2.20. The van der Waals surface area contributed by atoms with Crippen molar-refractivity contribution in [1.29, 1.82) is 5.26 Å². The van der Waals surface area contributed by atoms with Crippen molar-refractivity contribution < 1.29 is 18.3 Å². The molecule has 1 heterocycles. The molecule has 0 aromatic heterocycles. The van der Waals surface area contributed by atoms with E-state index in [1.807, 2.05) is 6.07 Å². The molecule has 0 bridgehead atoms. The number of rotatable bonds is 4. The van der Waals surface area contributed by atoms with E-state index < -0.39 is 15.6 Å². The first-order valence-electron chi connectivity index (χ1n) is 5.96. The lowest BCUT2D eigenvalue weighted by Crippen LogP contribution is -2.43. The molecule has 0 spiro atoms. The summed E-state index contributed by atoms with van der Waals surface area (Å²) in [5.41, 5.74) is 4.73. The molecule has 8 heteroatoms. The normalized spacial score (nSPS) is 22.6. The Labute approximate surface area is 117 Å². The van der Waals surface area contributed by atoms with Crippen LogP contribution in [0.5, 0.6) is 0 Å². The Morgan fingerprint density at radius 3 is 2.85 bits per heavy atom. The molecule has 2 rings (SSSR count). The van der Waals surface area contributed by atoms with E-state index in [9.17, 15) is 13.5 Å². The minimum absolute atomic E-state index is 0.00814. The van der Waals surface area contributed by atoms with Crippen LogP contribution in [-0.4, -0.2) is 38.9 Å². The molecule has 0 radical (unpaired) electrons. The topological polar surface area (TPSA) is 125 Å². The second kappa shape index (κ2) is 5.38. The molecule has 1 unspecified atom stereocenters. The number of nitrogens with one attached hydrogen (secondary N) is 1. The van der Waals surface area contributed by atoms with Crippen molar-refractivity contribution in [2.45, 2.75) is 16.9 Å². The number of nitrogens with zero attached hydrogens (tertiary/aromatic N) is 1. The first kappa shape index (κ1) is 14.7. The van der Waals surface area contributed by atoms with Crippen LogP contribution in [-0.2, 0) is 14.8 Å². The fourth-order valence-corrected chi connectivity index (χ4v) is 3.14. The zero-order valence-electron chi connectivity index (χ0n) is 10.7. The number of sulfonamides is 1. The zero-order valence-corrected chi connectivity index (χ0v) is 11.5. The predicted octanol–water partition coefficient (Wildman–Crippen LogP) is -0.430. The van der Waals surface area contributed by atoms with Crippen molar-refractivity contribution in [1.82, 2.24) is 4.72 Å². The number of ether oxygens (including phenoxy) is 1. The van der Waals surface area contributed by atoms with E-state index in [4.69, 9.17) is 15.7 Å². The van der Waals surface area contributed by atoms with Crippen molar-refractivity contribution in [2.75, 3.05) is 25.5 Å². The number of benzene rings is 1. The fourth-order valence-electron chi connectivity index (χ4n) is 1.91.